The highest BCUT2D eigenvalue weighted by Gasteiger charge is 2.61. The third-order valence-corrected chi connectivity index (χ3v) is 5.63. The number of halogens is 1. The number of carbonyl (C=O) groups excluding carboxylic acids is 2. The highest BCUT2D eigenvalue weighted by Crippen LogP contribution is 2.52. The standard InChI is InChI=1S/C21H27FN4O3/c1-20(2,3)29-19(28)25-10-14-15(11-25)16(14)17(27)24-21(4,5)18-23-8-13-7-6-12(22)9-26(13)18/h6-9,14-16H,10-11H2,1-5H3,(H,24,27)/t14-,15+,16?. The number of aromatic nitrogens is 2. The summed E-state index contributed by atoms with van der Waals surface area (Å²) < 4.78 is 20.7. The molecule has 1 saturated heterocycles. The number of amides is 2. The first-order chi connectivity index (χ1) is 13.5. The molecular formula is C21H27FN4O3. The number of nitrogens with zero attached hydrogens (tertiary/aromatic N) is 3. The average Bonchev–Trinajstić information content (AvgIpc) is 2.93. The molecule has 1 aliphatic heterocycles. The molecule has 7 nitrogen and oxygen atoms in total. The van der Waals surface area contributed by atoms with E-state index >= 15 is 0 Å². The zero-order chi connectivity index (χ0) is 21.1. The van der Waals surface area contributed by atoms with Crippen LogP contribution in [-0.4, -0.2) is 45.0 Å². The lowest BCUT2D eigenvalue weighted by Crippen LogP contribution is -2.45. The van der Waals surface area contributed by atoms with E-state index in [1.54, 1.807) is 21.6 Å². The van der Waals surface area contributed by atoms with Gasteiger partial charge in [0.1, 0.15) is 17.2 Å². The lowest BCUT2D eigenvalue weighted by Gasteiger charge is -2.27. The maximum absolute atomic E-state index is 13.7. The lowest BCUT2D eigenvalue weighted by atomic mass is 10.0. The Bertz CT molecular complexity index is 966. The normalized spacial score (nSPS) is 23.8. The number of likely N-dealkylation sites (tertiary alicyclic amines) is 1. The van der Waals surface area contributed by atoms with Crippen LogP contribution < -0.4 is 5.32 Å². The second-order valence-electron chi connectivity index (χ2n) is 9.58. The van der Waals surface area contributed by atoms with Gasteiger partial charge in [-0.15, -0.1) is 0 Å². The van der Waals surface area contributed by atoms with Gasteiger partial charge in [-0.25, -0.2) is 14.2 Å². The first-order valence-electron chi connectivity index (χ1n) is 9.89. The number of piperidine rings is 1. The molecule has 1 saturated carbocycles. The second-order valence-corrected chi connectivity index (χ2v) is 9.58. The van der Waals surface area contributed by atoms with Crippen LogP contribution in [-0.2, 0) is 15.1 Å². The Morgan fingerprint density at radius 1 is 1.17 bits per heavy atom. The number of hydrogen-bond acceptors (Lipinski definition) is 4. The Kier molecular flexibility index (Phi) is 4.36. The van der Waals surface area contributed by atoms with E-state index in [9.17, 15) is 14.0 Å². The van der Waals surface area contributed by atoms with Crippen molar-refractivity contribution in [2.75, 3.05) is 13.1 Å². The molecule has 0 spiro atoms. The van der Waals surface area contributed by atoms with Gasteiger partial charge in [0.05, 0.1) is 17.3 Å². The first-order valence-corrected chi connectivity index (χ1v) is 9.89. The smallest absolute Gasteiger partial charge is 0.410 e. The Morgan fingerprint density at radius 3 is 2.45 bits per heavy atom. The van der Waals surface area contributed by atoms with Crippen LogP contribution in [0.1, 0.15) is 40.4 Å². The highest BCUT2D eigenvalue weighted by molar-refractivity contribution is 5.84. The van der Waals surface area contributed by atoms with Gasteiger partial charge in [0.15, 0.2) is 0 Å². The van der Waals surface area contributed by atoms with E-state index in [0.29, 0.717) is 18.9 Å². The van der Waals surface area contributed by atoms with E-state index in [4.69, 9.17) is 4.74 Å². The number of fused-ring (bicyclic) bond motifs is 2. The number of imidazole rings is 1. The first kappa shape index (κ1) is 19.7. The van der Waals surface area contributed by atoms with Gasteiger partial charge in [0, 0.05) is 25.2 Å². The third kappa shape index (κ3) is 3.68. The fourth-order valence-electron chi connectivity index (χ4n) is 4.26. The van der Waals surface area contributed by atoms with Crippen molar-refractivity contribution in [1.29, 1.82) is 0 Å². The van der Waals surface area contributed by atoms with Crippen molar-refractivity contribution in [2.45, 2.75) is 45.8 Å². The Labute approximate surface area is 169 Å². The summed E-state index contributed by atoms with van der Waals surface area (Å²) >= 11 is 0. The van der Waals surface area contributed by atoms with Crippen LogP contribution in [0.5, 0.6) is 0 Å². The summed E-state index contributed by atoms with van der Waals surface area (Å²) in [5.41, 5.74) is -0.532. The fourth-order valence-corrected chi connectivity index (χ4v) is 4.26. The molecule has 29 heavy (non-hydrogen) atoms. The van der Waals surface area contributed by atoms with Gasteiger partial charge in [0.25, 0.3) is 0 Å². The van der Waals surface area contributed by atoms with Crippen LogP contribution in [0.2, 0.25) is 0 Å². The summed E-state index contributed by atoms with van der Waals surface area (Å²) in [6, 6.07) is 3.04. The van der Waals surface area contributed by atoms with Gasteiger partial charge in [-0.1, -0.05) is 0 Å². The molecule has 2 fully saturated rings. The molecule has 156 valence electrons. The van der Waals surface area contributed by atoms with E-state index in [0.717, 1.165) is 5.52 Å². The zero-order valence-corrected chi connectivity index (χ0v) is 17.4. The van der Waals surface area contributed by atoms with Crippen molar-refractivity contribution in [3.8, 4) is 0 Å². The van der Waals surface area contributed by atoms with Crippen LogP contribution in [0.25, 0.3) is 5.52 Å². The van der Waals surface area contributed by atoms with Crippen molar-refractivity contribution in [1.82, 2.24) is 19.6 Å². The number of pyridine rings is 1. The van der Waals surface area contributed by atoms with Crippen LogP contribution in [0, 0.1) is 23.6 Å². The summed E-state index contributed by atoms with van der Waals surface area (Å²) in [7, 11) is 0. The summed E-state index contributed by atoms with van der Waals surface area (Å²) in [6.45, 7) is 10.3. The minimum absolute atomic E-state index is 0.0537. The molecule has 1 aliphatic carbocycles. The molecule has 1 unspecified atom stereocenters. The SMILES string of the molecule is CC(C)(C)OC(=O)N1C[C@@H]2C(C(=O)NC(C)(C)c3ncc4ccc(F)cn34)[C@@H]2C1. The Morgan fingerprint density at radius 2 is 1.83 bits per heavy atom. The molecule has 8 heteroatoms. The second kappa shape index (κ2) is 6.43. The summed E-state index contributed by atoms with van der Waals surface area (Å²) in [5, 5.41) is 3.06. The number of ether oxygens (including phenoxy) is 1. The fraction of sp³-hybridized carbons (Fsp3) is 0.571. The monoisotopic (exact) mass is 402 g/mol. The number of carbonyl (C=O) groups is 2. The molecule has 4 rings (SSSR count). The predicted octanol–water partition coefficient (Wildman–Crippen LogP) is 2.94. The third-order valence-electron chi connectivity index (χ3n) is 5.63. The molecule has 2 aromatic heterocycles. The summed E-state index contributed by atoms with van der Waals surface area (Å²) in [4.78, 5) is 31.2. The summed E-state index contributed by atoms with van der Waals surface area (Å²) in [6.07, 6.45) is 2.71. The molecule has 2 aromatic rings. The summed E-state index contributed by atoms with van der Waals surface area (Å²) in [5.74, 6) is 0.359. The van der Waals surface area contributed by atoms with Gasteiger partial charge in [-0.05, 0) is 58.6 Å². The van der Waals surface area contributed by atoms with Gasteiger partial charge in [-0.2, -0.15) is 0 Å². The van der Waals surface area contributed by atoms with Gasteiger partial charge in [-0.3, -0.25) is 9.20 Å². The van der Waals surface area contributed by atoms with E-state index in [2.05, 4.69) is 10.3 Å². The van der Waals surface area contributed by atoms with Crippen molar-refractivity contribution in [2.24, 2.45) is 17.8 Å². The molecule has 0 radical (unpaired) electrons. The number of nitrogens with one attached hydrogen (secondary N) is 1. The van der Waals surface area contributed by atoms with Crippen molar-refractivity contribution in [3.05, 3.63) is 36.2 Å². The van der Waals surface area contributed by atoms with Gasteiger partial charge in [0.2, 0.25) is 5.91 Å². The minimum Gasteiger partial charge on any atom is -0.444 e. The molecule has 1 N–H and O–H groups in total. The maximum atomic E-state index is 13.7. The molecule has 3 heterocycles. The quantitative estimate of drug-likeness (QED) is 0.857. The minimum atomic E-state index is -0.765. The maximum Gasteiger partial charge on any atom is 0.410 e. The van der Waals surface area contributed by atoms with E-state index < -0.39 is 11.1 Å². The molecule has 3 atom stereocenters. The van der Waals surface area contributed by atoms with E-state index in [1.165, 1.54) is 12.3 Å². The molecule has 0 bridgehead atoms. The molecule has 2 aliphatic rings. The molecule has 0 aromatic carbocycles. The van der Waals surface area contributed by atoms with E-state index in [1.807, 2.05) is 34.6 Å². The van der Waals surface area contributed by atoms with E-state index in [-0.39, 0.29) is 35.6 Å². The number of hydrogen-bond donors (Lipinski definition) is 1. The van der Waals surface area contributed by atoms with Crippen molar-refractivity contribution in [3.63, 3.8) is 0 Å². The van der Waals surface area contributed by atoms with Gasteiger partial charge < -0.3 is 15.0 Å². The van der Waals surface area contributed by atoms with Crippen LogP contribution in [0.4, 0.5) is 9.18 Å². The predicted molar refractivity (Wildman–Crippen MR) is 105 cm³/mol. The van der Waals surface area contributed by atoms with Crippen LogP contribution >= 0.6 is 0 Å². The number of rotatable bonds is 3. The Balaban J connectivity index is 1.40. The highest BCUT2D eigenvalue weighted by atomic mass is 19.1. The average molecular weight is 402 g/mol. The van der Waals surface area contributed by atoms with Gasteiger partial charge >= 0.3 is 6.09 Å². The Hall–Kier alpha value is -2.64. The van der Waals surface area contributed by atoms with Crippen molar-refractivity contribution >= 4 is 17.5 Å². The van der Waals surface area contributed by atoms with Crippen LogP contribution in [0.15, 0.2) is 24.5 Å². The van der Waals surface area contributed by atoms with Crippen LogP contribution in [0.3, 0.4) is 0 Å². The molecular weight excluding hydrogens is 375 g/mol. The topological polar surface area (TPSA) is 75.9 Å². The lowest BCUT2D eigenvalue weighted by molar-refractivity contribution is -0.125. The van der Waals surface area contributed by atoms with Crippen molar-refractivity contribution < 1.29 is 18.7 Å². The largest absolute Gasteiger partial charge is 0.444 e. The molecule has 2 amide bonds. The zero-order valence-electron chi connectivity index (χ0n) is 17.4.